The predicted molar refractivity (Wildman–Crippen MR) is 115 cm³/mol. The van der Waals surface area contributed by atoms with E-state index < -0.39 is 24.1 Å². The van der Waals surface area contributed by atoms with Gasteiger partial charge in [-0.05, 0) is 19.1 Å². The van der Waals surface area contributed by atoms with Crippen LogP contribution in [0.3, 0.4) is 0 Å². The third kappa shape index (κ3) is 5.11. The molecule has 0 aliphatic heterocycles. The second-order valence-electron chi connectivity index (χ2n) is 6.52. The first-order chi connectivity index (χ1) is 15.0. The first-order valence-corrected chi connectivity index (χ1v) is 10.2. The van der Waals surface area contributed by atoms with E-state index in [4.69, 9.17) is 23.1 Å². The fraction of sp³-hybridized carbons (Fsp3) is 0.150. The van der Waals surface area contributed by atoms with E-state index in [1.165, 1.54) is 17.9 Å². The number of carbonyl (C=O) groups is 2. The molecule has 2 aromatic carbocycles. The van der Waals surface area contributed by atoms with Crippen LogP contribution in [0, 0.1) is 0 Å². The van der Waals surface area contributed by atoms with E-state index in [1.54, 1.807) is 30.3 Å². The van der Waals surface area contributed by atoms with Gasteiger partial charge in [-0.15, -0.1) is 13.2 Å². The van der Waals surface area contributed by atoms with Crippen LogP contribution in [0.25, 0.3) is 0 Å². The molecule has 1 amide bonds. The van der Waals surface area contributed by atoms with Gasteiger partial charge in [0.2, 0.25) is 11.7 Å². The average molecular weight is 485 g/mol. The van der Waals surface area contributed by atoms with Gasteiger partial charge in [0.1, 0.15) is 22.5 Å². The maximum atomic E-state index is 12.8. The maximum Gasteiger partial charge on any atom is 0.573 e. The van der Waals surface area contributed by atoms with Crippen molar-refractivity contribution in [2.45, 2.75) is 19.3 Å². The van der Waals surface area contributed by atoms with Crippen LogP contribution >= 0.6 is 22.9 Å². The van der Waals surface area contributed by atoms with E-state index in [1.807, 2.05) is 0 Å². The molecule has 0 spiro atoms. The minimum atomic E-state index is -4.90. The summed E-state index contributed by atoms with van der Waals surface area (Å²) in [4.78, 5) is 30.4. The second-order valence-corrected chi connectivity index (χ2v) is 7.90. The van der Waals surface area contributed by atoms with Gasteiger partial charge in [0.15, 0.2) is 5.13 Å². The number of benzene rings is 2. The Morgan fingerprint density at radius 1 is 1.19 bits per heavy atom. The summed E-state index contributed by atoms with van der Waals surface area (Å²) >= 11 is 7.09. The third-order valence-corrected chi connectivity index (χ3v) is 5.67. The molecule has 0 aliphatic carbocycles. The fourth-order valence-corrected chi connectivity index (χ4v) is 4.09. The first-order valence-electron chi connectivity index (χ1n) is 8.98. The molecule has 0 saturated heterocycles. The third-order valence-electron chi connectivity index (χ3n) is 4.30. The van der Waals surface area contributed by atoms with Crippen molar-refractivity contribution in [2.75, 3.05) is 10.6 Å². The number of nitrogens with two attached hydrogens (primary N) is 2. The van der Waals surface area contributed by atoms with E-state index in [0.717, 1.165) is 23.5 Å². The summed E-state index contributed by atoms with van der Waals surface area (Å²) in [5, 5.41) is -0.0518. The number of carbonyl (C=O) groups excluding carboxylic acids is 2. The Hall–Kier alpha value is -3.31. The highest BCUT2D eigenvalue weighted by Crippen LogP contribution is 2.40. The molecule has 12 heteroatoms. The number of nitrogens with zero attached hydrogens (tertiary/aromatic N) is 2. The molecule has 0 fully saturated rings. The summed E-state index contributed by atoms with van der Waals surface area (Å²) in [7, 11) is 0. The highest BCUT2D eigenvalue weighted by atomic mass is 35.5. The van der Waals surface area contributed by atoms with Crippen molar-refractivity contribution in [1.29, 1.82) is 0 Å². The molecule has 7 nitrogen and oxygen atoms in total. The number of ketones is 1. The van der Waals surface area contributed by atoms with Gasteiger partial charge in [-0.1, -0.05) is 53.3 Å². The Morgan fingerprint density at radius 3 is 2.41 bits per heavy atom. The van der Waals surface area contributed by atoms with Crippen molar-refractivity contribution >= 4 is 51.3 Å². The fourth-order valence-electron chi connectivity index (χ4n) is 2.79. The summed E-state index contributed by atoms with van der Waals surface area (Å²) in [5.41, 5.74) is 11.9. The van der Waals surface area contributed by atoms with E-state index in [0.29, 0.717) is 5.56 Å². The zero-order valence-corrected chi connectivity index (χ0v) is 18.0. The van der Waals surface area contributed by atoms with Gasteiger partial charge in [0.05, 0.1) is 10.7 Å². The van der Waals surface area contributed by atoms with Crippen LogP contribution in [0.5, 0.6) is 5.75 Å². The van der Waals surface area contributed by atoms with Gasteiger partial charge in [-0.25, -0.2) is 4.98 Å². The molecule has 3 rings (SSSR count). The van der Waals surface area contributed by atoms with Crippen molar-refractivity contribution in [2.24, 2.45) is 5.73 Å². The largest absolute Gasteiger partial charge is 0.573 e. The Kier molecular flexibility index (Phi) is 6.60. The van der Waals surface area contributed by atoms with Gasteiger partial charge in [-0.3, -0.25) is 9.59 Å². The number of aromatic nitrogens is 1. The summed E-state index contributed by atoms with van der Waals surface area (Å²) < 4.78 is 41.4. The molecule has 1 atom stereocenters. The zero-order valence-electron chi connectivity index (χ0n) is 16.4. The zero-order chi connectivity index (χ0) is 23.6. The molecule has 0 aliphatic rings. The number of halogens is 4. The Labute approximate surface area is 189 Å². The van der Waals surface area contributed by atoms with Crippen molar-refractivity contribution in [3.8, 4) is 5.75 Å². The SMILES string of the molecule is C[C@H](C(N)=O)N(c1nc(N)c(C(=O)c2ccccc2)s1)c1ccc(OC(F)(F)F)cc1Cl. The summed E-state index contributed by atoms with van der Waals surface area (Å²) in [6.07, 6.45) is -4.90. The van der Waals surface area contributed by atoms with Crippen LogP contribution < -0.4 is 21.1 Å². The van der Waals surface area contributed by atoms with Crippen LogP contribution in [0.1, 0.15) is 22.2 Å². The van der Waals surface area contributed by atoms with E-state index in [-0.39, 0.29) is 32.3 Å². The molecule has 4 N–H and O–H groups in total. The summed E-state index contributed by atoms with van der Waals surface area (Å²) in [6.45, 7) is 1.45. The van der Waals surface area contributed by atoms with Crippen LogP contribution in [0.4, 0.5) is 29.8 Å². The van der Waals surface area contributed by atoms with Crippen LogP contribution in [-0.4, -0.2) is 29.1 Å². The standard InChI is InChI=1S/C20H16ClF3N4O3S/c1-10(18(26)30)28(14-8-7-12(9-13(14)21)31-20(22,23)24)19-27-17(25)16(32-19)15(29)11-5-3-2-4-6-11/h2-10H,25H2,1H3,(H2,26,30)/t10-/m1/s1. The normalized spacial score (nSPS) is 12.3. The number of nitrogen functional groups attached to an aromatic ring is 1. The van der Waals surface area contributed by atoms with Gasteiger partial charge < -0.3 is 21.1 Å². The molecule has 0 saturated carbocycles. The first kappa shape index (κ1) is 23.4. The van der Waals surface area contributed by atoms with E-state index >= 15 is 0 Å². The van der Waals surface area contributed by atoms with E-state index in [9.17, 15) is 22.8 Å². The smallest absolute Gasteiger partial charge is 0.406 e. The van der Waals surface area contributed by atoms with Crippen molar-refractivity contribution in [1.82, 2.24) is 4.98 Å². The van der Waals surface area contributed by atoms with Gasteiger partial charge in [-0.2, -0.15) is 0 Å². The number of amides is 1. The molecule has 0 radical (unpaired) electrons. The predicted octanol–water partition coefficient (Wildman–Crippen LogP) is 4.52. The van der Waals surface area contributed by atoms with Gasteiger partial charge in [0.25, 0.3) is 0 Å². The average Bonchev–Trinajstić information content (AvgIpc) is 3.09. The van der Waals surface area contributed by atoms with Crippen molar-refractivity contribution in [3.05, 3.63) is 64.0 Å². The number of thiazole rings is 1. The van der Waals surface area contributed by atoms with Crippen LogP contribution in [0.15, 0.2) is 48.5 Å². The highest BCUT2D eigenvalue weighted by Gasteiger charge is 2.32. The lowest BCUT2D eigenvalue weighted by Gasteiger charge is -2.27. The Morgan fingerprint density at radius 2 is 1.84 bits per heavy atom. The maximum absolute atomic E-state index is 12.8. The number of ether oxygens (including phenoxy) is 1. The Bertz CT molecular complexity index is 1150. The molecule has 1 aromatic heterocycles. The number of rotatable bonds is 7. The van der Waals surface area contributed by atoms with Gasteiger partial charge >= 0.3 is 6.36 Å². The number of anilines is 3. The van der Waals surface area contributed by atoms with Gasteiger partial charge in [0, 0.05) is 11.6 Å². The molecule has 168 valence electrons. The van der Waals surface area contributed by atoms with Crippen molar-refractivity contribution in [3.63, 3.8) is 0 Å². The lowest BCUT2D eigenvalue weighted by Crippen LogP contribution is -2.40. The lowest BCUT2D eigenvalue weighted by molar-refractivity contribution is -0.274. The topological polar surface area (TPSA) is 112 Å². The summed E-state index contributed by atoms with van der Waals surface area (Å²) in [6, 6.07) is 10.5. The van der Waals surface area contributed by atoms with Crippen molar-refractivity contribution < 1.29 is 27.5 Å². The second kappa shape index (κ2) is 9.05. The molecule has 32 heavy (non-hydrogen) atoms. The minimum Gasteiger partial charge on any atom is -0.406 e. The van der Waals surface area contributed by atoms with Crippen LogP contribution in [0.2, 0.25) is 5.02 Å². The summed E-state index contributed by atoms with van der Waals surface area (Å²) in [5.74, 6) is -1.76. The molecule has 3 aromatic rings. The molecule has 0 bridgehead atoms. The number of primary amides is 1. The molecule has 0 unspecified atom stereocenters. The molecule has 1 heterocycles. The monoisotopic (exact) mass is 484 g/mol. The molecular weight excluding hydrogens is 469 g/mol. The lowest BCUT2D eigenvalue weighted by atomic mass is 10.1. The number of alkyl halides is 3. The minimum absolute atomic E-state index is 0.0753. The number of hydrogen-bond donors (Lipinski definition) is 2. The number of hydrogen-bond acceptors (Lipinski definition) is 7. The molecular formula is C20H16ClF3N4O3S. The van der Waals surface area contributed by atoms with E-state index in [2.05, 4.69) is 9.72 Å². The van der Waals surface area contributed by atoms with Crippen LogP contribution in [-0.2, 0) is 4.79 Å². The quantitative estimate of drug-likeness (QED) is 0.477. The highest BCUT2D eigenvalue weighted by molar-refractivity contribution is 7.18. The Balaban J connectivity index is 2.05.